The van der Waals surface area contributed by atoms with Crippen molar-refractivity contribution in [2.75, 3.05) is 0 Å². The van der Waals surface area contributed by atoms with E-state index in [2.05, 4.69) is 5.32 Å². The molecule has 1 N–H and O–H groups in total. The molecule has 1 amide bonds. The minimum atomic E-state index is -3.79. The maximum absolute atomic E-state index is 13.0. The Kier molecular flexibility index (Phi) is 3.93. The Morgan fingerprint density at radius 1 is 0.962 bits per heavy atom. The minimum Gasteiger partial charge on any atom is -0.313 e. The number of thioether (sulfide) groups is 1. The molecule has 130 valence electrons. The van der Waals surface area contributed by atoms with Crippen molar-refractivity contribution in [3.63, 3.8) is 0 Å². The Morgan fingerprint density at radius 3 is 2.35 bits per heavy atom. The van der Waals surface area contributed by atoms with Crippen molar-refractivity contribution < 1.29 is 18.0 Å². The van der Waals surface area contributed by atoms with Crippen LogP contribution in [-0.4, -0.2) is 22.7 Å². The summed E-state index contributed by atoms with van der Waals surface area (Å²) in [5.41, 5.74) is 1.17. The topological polar surface area (TPSA) is 85.2 Å². The van der Waals surface area contributed by atoms with Crippen molar-refractivity contribution in [3.05, 3.63) is 72.1 Å². The van der Waals surface area contributed by atoms with E-state index in [0.717, 1.165) is 0 Å². The molecule has 6 nitrogen and oxygen atoms in total. The molecule has 26 heavy (non-hydrogen) atoms. The Hall–Kier alpha value is -2.84. The van der Waals surface area contributed by atoms with Crippen LogP contribution in [0, 0.1) is 0 Å². The number of aromatic nitrogens is 1. The van der Waals surface area contributed by atoms with Crippen LogP contribution in [0.2, 0.25) is 0 Å². The van der Waals surface area contributed by atoms with Crippen LogP contribution in [-0.2, 0) is 14.8 Å². The first-order valence-corrected chi connectivity index (χ1v) is 9.88. The molecule has 0 aliphatic carbocycles. The zero-order valence-corrected chi connectivity index (χ0v) is 14.9. The highest BCUT2D eigenvalue weighted by atomic mass is 32.2. The molecule has 8 heteroatoms. The van der Waals surface area contributed by atoms with Gasteiger partial charge in [0, 0.05) is 28.9 Å². The summed E-state index contributed by atoms with van der Waals surface area (Å²) in [6.07, 6.45) is 2.96. The molecular weight excluding hydrogens is 372 g/mol. The third-order valence-corrected chi connectivity index (χ3v) is 6.33. The summed E-state index contributed by atoms with van der Waals surface area (Å²) < 4.78 is 27.2. The Morgan fingerprint density at radius 2 is 1.65 bits per heavy atom. The number of carbonyl (C=O) groups excluding carboxylic acids is 2. The lowest BCUT2D eigenvalue weighted by atomic mass is 10.1. The van der Waals surface area contributed by atoms with Crippen LogP contribution in [0.25, 0.3) is 17.0 Å². The van der Waals surface area contributed by atoms with Crippen LogP contribution in [0.3, 0.4) is 0 Å². The fraction of sp³-hybridized carbons (Fsp3) is 0. The average molecular weight is 384 g/mol. The van der Waals surface area contributed by atoms with Crippen LogP contribution in [0.15, 0.2) is 71.4 Å². The smallest absolute Gasteiger partial charge is 0.291 e. The summed E-state index contributed by atoms with van der Waals surface area (Å²) in [6, 6.07) is 15.1. The fourth-order valence-corrected chi connectivity index (χ4v) is 4.72. The molecular formula is C18H12N2O4S2. The molecule has 4 rings (SSSR count). The van der Waals surface area contributed by atoms with Crippen molar-refractivity contribution >= 4 is 49.1 Å². The molecule has 1 saturated heterocycles. The van der Waals surface area contributed by atoms with Crippen molar-refractivity contribution in [1.82, 2.24) is 9.29 Å². The quantitative estimate of drug-likeness (QED) is 0.701. The molecule has 0 unspecified atom stereocenters. The highest BCUT2D eigenvalue weighted by Crippen LogP contribution is 2.29. The summed E-state index contributed by atoms with van der Waals surface area (Å²) in [4.78, 5) is 23.4. The van der Waals surface area contributed by atoms with Gasteiger partial charge in [0.15, 0.2) is 0 Å². The number of amides is 1. The number of para-hydroxylation sites is 1. The lowest BCUT2D eigenvalue weighted by Gasteiger charge is -2.07. The lowest BCUT2D eigenvalue weighted by molar-refractivity contribution is -0.107. The van der Waals surface area contributed by atoms with E-state index in [1.807, 2.05) is 0 Å². The predicted octanol–water partition coefficient (Wildman–Crippen LogP) is 3.20. The van der Waals surface area contributed by atoms with Gasteiger partial charge in [-0.2, -0.15) is 0 Å². The molecule has 1 aliphatic heterocycles. The first kappa shape index (κ1) is 16.6. The van der Waals surface area contributed by atoms with E-state index in [1.165, 1.54) is 28.4 Å². The zero-order chi connectivity index (χ0) is 18.3. The van der Waals surface area contributed by atoms with Crippen molar-refractivity contribution in [2.24, 2.45) is 0 Å². The summed E-state index contributed by atoms with van der Waals surface area (Å²) >= 11 is 0.580. The van der Waals surface area contributed by atoms with Crippen LogP contribution in [0.1, 0.15) is 5.56 Å². The van der Waals surface area contributed by atoms with Crippen molar-refractivity contribution in [2.45, 2.75) is 4.90 Å². The van der Waals surface area contributed by atoms with Crippen LogP contribution in [0.5, 0.6) is 0 Å². The Labute approximate surface area is 153 Å². The van der Waals surface area contributed by atoms with Gasteiger partial charge in [0.2, 0.25) is 5.12 Å². The number of fused-ring (bicyclic) bond motifs is 1. The first-order valence-electron chi connectivity index (χ1n) is 7.62. The Bertz CT molecular complexity index is 1180. The number of benzene rings is 2. The number of rotatable bonds is 3. The highest BCUT2D eigenvalue weighted by molar-refractivity contribution is 8.27. The van der Waals surface area contributed by atoms with Crippen molar-refractivity contribution in [1.29, 1.82) is 0 Å². The fourth-order valence-electron chi connectivity index (χ4n) is 2.77. The number of hydrogen-bond acceptors (Lipinski definition) is 5. The van der Waals surface area contributed by atoms with Crippen LogP contribution >= 0.6 is 11.8 Å². The van der Waals surface area contributed by atoms with Crippen molar-refractivity contribution in [3.8, 4) is 0 Å². The second kappa shape index (κ2) is 6.15. The van der Waals surface area contributed by atoms with Gasteiger partial charge in [-0.05, 0) is 24.3 Å². The summed E-state index contributed by atoms with van der Waals surface area (Å²) in [5, 5.41) is 2.30. The van der Waals surface area contributed by atoms with Gasteiger partial charge in [-0.3, -0.25) is 9.59 Å². The second-order valence-corrected chi connectivity index (χ2v) is 8.34. The molecule has 2 heterocycles. The number of nitrogens with one attached hydrogen (secondary N) is 1. The highest BCUT2D eigenvalue weighted by Gasteiger charge is 2.26. The largest absolute Gasteiger partial charge is 0.313 e. The first-order chi connectivity index (χ1) is 12.5. The van der Waals surface area contributed by atoms with E-state index in [1.54, 1.807) is 42.5 Å². The SMILES string of the molecule is O=C1NC(=Cc2cn(S(=O)(=O)c3ccccc3)c3ccccc23)C(=O)S1. The summed E-state index contributed by atoms with van der Waals surface area (Å²) in [6.45, 7) is 0. The molecule has 0 atom stereocenters. The van der Waals surface area contributed by atoms with E-state index in [0.29, 0.717) is 28.2 Å². The number of carbonyl (C=O) groups is 2. The minimum absolute atomic E-state index is 0.139. The molecule has 2 aromatic carbocycles. The predicted molar refractivity (Wildman–Crippen MR) is 100 cm³/mol. The molecule has 0 saturated carbocycles. The molecule has 0 bridgehead atoms. The van der Waals surface area contributed by atoms with Gasteiger partial charge in [0.05, 0.1) is 16.1 Å². The monoisotopic (exact) mass is 384 g/mol. The molecule has 1 aromatic heterocycles. The van der Waals surface area contributed by atoms with E-state index in [-0.39, 0.29) is 10.6 Å². The van der Waals surface area contributed by atoms with Crippen LogP contribution < -0.4 is 5.32 Å². The van der Waals surface area contributed by atoms with E-state index in [9.17, 15) is 18.0 Å². The third kappa shape index (κ3) is 2.73. The van der Waals surface area contributed by atoms with Gasteiger partial charge in [-0.1, -0.05) is 36.4 Å². The standard InChI is InChI=1S/C18H12N2O4S2/c21-17-15(19-18(22)25-17)10-12-11-20(16-9-5-4-8-14(12)16)26(23,24)13-6-2-1-3-7-13/h1-11H,(H,19,22). The average Bonchev–Trinajstić information content (AvgIpc) is 3.16. The molecule has 1 aliphatic rings. The lowest BCUT2D eigenvalue weighted by Crippen LogP contribution is -2.11. The molecule has 3 aromatic rings. The van der Waals surface area contributed by atoms with Gasteiger partial charge in [-0.25, -0.2) is 12.4 Å². The van der Waals surface area contributed by atoms with Gasteiger partial charge in [0.1, 0.15) is 0 Å². The van der Waals surface area contributed by atoms with E-state index >= 15 is 0 Å². The normalized spacial score (nSPS) is 16.4. The van der Waals surface area contributed by atoms with Gasteiger partial charge in [0.25, 0.3) is 15.3 Å². The van der Waals surface area contributed by atoms with Gasteiger partial charge in [-0.15, -0.1) is 0 Å². The van der Waals surface area contributed by atoms with E-state index in [4.69, 9.17) is 0 Å². The molecule has 1 fully saturated rings. The second-order valence-electron chi connectivity index (χ2n) is 5.58. The number of nitrogens with zero attached hydrogens (tertiary/aromatic N) is 1. The maximum Gasteiger partial charge on any atom is 0.291 e. The van der Waals surface area contributed by atoms with Crippen LogP contribution in [0.4, 0.5) is 4.79 Å². The van der Waals surface area contributed by atoms with Gasteiger partial charge >= 0.3 is 0 Å². The van der Waals surface area contributed by atoms with E-state index < -0.39 is 20.4 Å². The maximum atomic E-state index is 13.0. The molecule has 0 spiro atoms. The zero-order valence-electron chi connectivity index (χ0n) is 13.2. The Balaban J connectivity index is 1.92. The summed E-state index contributed by atoms with van der Waals surface area (Å²) in [5.74, 6) is 0. The summed E-state index contributed by atoms with van der Waals surface area (Å²) in [7, 11) is -3.79. The van der Waals surface area contributed by atoms with Gasteiger partial charge < -0.3 is 5.32 Å². The number of hydrogen-bond donors (Lipinski definition) is 1. The third-order valence-electron chi connectivity index (χ3n) is 3.95. The molecule has 0 radical (unpaired) electrons.